The molecule has 2 aromatic rings. The number of hydrogen-bond donors (Lipinski definition) is 2. The van der Waals surface area contributed by atoms with Gasteiger partial charge in [0.15, 0.2) is 0 Å². The number of benzene rings is 2. The van der Waals surface area contributed by atoms with E-state index in [4.69, 9.17) is 5.73 Å². The van der Waals surface area contributed by atoms with Crippen LogP contribution in [0.4, 0.5) is 10.1 Å². The van der Waals surface area contributed by atoms with Gasteiger partial charge >= 0.3 is 0 Å². The first-order valence-electron chi connectivity index (χ1n) is 8.22. The molecule has 1 amide bonds. The Hall–Kier alpha value is -2.24. The van der Waals surface area contributed by atoms with Crippen LogP contribution in [0, 0.1) is 12.7 Å². The monoisotopic (exact) mass is 327 g/mol. The van der Waals surface area contributed by atoms with Crippen LogP contribution >= 0.6 is 0 Å². The number of halogens is 1. The van der Waals surface area contributed by atoms with Gasteiger partial charge in [-0.1, -0.05) is 12.1 Å². The van der Waals surface area contributed by atoms with Gasteiger partial charge in [-0.05, 0) is 67.8 Å². The summed E-state index contributed by atoms with van der Waals surface area (Å²) in [6.45, 7) is 3.32. The van der Waals surface area contributed by atoms with Crippen LogP contribution in [-0.4, -0.2) is 18.6 Å². The molecule has 0 bridgehead atoms. The van der Waals surface area contributed by atoms with E-state index in [0.29, 0.717) is 12.1 Å². The van der Waals surface area contributed by atoms with Crippen LogP contribution in [0.3, 0.4) is 0 Å². The highest BCUT2D eigenvalue weighted by atomic mass is 19.1. The van der Waals surface area contributed by atoms with Crippen LogP contribution in [0.25, 0.3) is 0 Å². The molecule has 24 heavy (non-hydrogen) atoms. The highest BCUT2D eigenvalue weighted by Gasteiger charge is 2.29. The van der Waals surface area contributed by atoms with Crippen molar-refractivity contribution >= 4 is 11.6 Å². The van der Waals surface area contributed by atoms with Gasteiger partial charge in [-0.2, -0.15) is 0 Å². The molecule has 1 saturated heterocycles. The van der Waals surface area contributed by atoms with E-state index in [9.17, 15) is 9.18 Å². The van der Waals surface area contributed by atoms with Crippen LogP contribution in [-0.2, 0) is 6.54 Å². The number of rotatable bonds is 4. The minimum atomic E-state index is -0.408. The second-order valence-electron chi connectivity index (χ2n) is 6.11. The molecule has 2 aromatic carbocycles. The summed E-state index contributed by atoms with van der Waals surface area (Å²) in [7, 11) is 0. The Labute approximate surface area is 141 Å². The number of carbonyl (C=O) groups is 1. The molecule has 0 aliphatic carbocycles. The molecule has 1 aliphatic heterocycles. The summed E-state index contributed by atoms with van der Waals surface area (Å²) < 4.78 is 13.5. The molecule has 0 radical (unpaired) electrons. The third-order valence-corrected chi connectivity index (χ3v) is 4.46. The van der Waals surface area contributed by atoms with Crippen LogP contribution in [0.15, 0.2) is 42.5 Å². The lowest BCUT2D eigenvalue weighted by atomic mass is 10.1. The Morgan fingerprint density at radius 1 is 1.33 bits per heavy atom. The van der Waals surface area contributed by atoms with Crippen LogP contribution in [0.2, 0.25) is 0 Å². The molecule has 0 aromatic heterocycles. The molecule has 1 aliphatic rings. The minimum Gasteiger partial charge on any atom is -0.326 e. The van der Waals surface area contributed by atoms with Crippen molar-refractivity contribution in [1.29, 1.82) is 0 Å². The van der Waals surface area contributed by atoms with Gasteiger partial charge in [0.2, 0.25) is 0 Å². The van der Waals surface area contributed by atoms with E-state index in [1.165, 1.54) is 12.1 Å². The third kappa shape index (κ3) is 3.32. The predicted octanol–water partition coefficient (Wildman–Crippen LogP) is 2.95. The number of hydrogen-bond acceptors (Lipinski definition) is 3. The number of nitrogens with two attached hydrogens (primary N) is 1. The topological polar surface area (TPSA) is 58.4 Å². The molecule has 0 spiro atoms. The van der Waals surface area contributed by atoms with E-state index >= 15 is 0 Å². The quantitative estimate of drug-likeness (QED) is 0.908. The van der Waals surface area contributed by atoms with Crippen molar-refractivity contribution < 1.29 is 9.18 Å². The molecule has 5 heteroatoms. The highest BCUT2D eigenvalue weighted by molar-refractivity contribution is 6.06. The summed E-state index contributed by atoms with van der Waals surface area (Å²) >= 11 is 0. The molecule has 126 valence electrons. The fraction of sp³-hybridized carbons (Fsp3) is 0.316. The van der Waals surface area contributed by atoms with Gasteiger partial charge in [0.05, 0.1) is 6.17 Å². The summed E-state index contributed by atoms with van der Waals surface area (Å²) in [5.74, 6) is -0.608. The maximum atomic E-state index is 13.5. The van der Waals surface area contributed by atoms with Gasteiger partial charge in [0.1, 0.15) is 5.82 Å². The summed E-state index contributed by atoms with van der Waals surface area (Å²) in [6, 6.07) is 11.7. The number of carbonyl (C=O) groups excluding carboxylic acids is 1. The lowest BCUT2D eigenvalue weighted by Crippen LogP contribution is -2.46. The Kier molecular flexibility index (Phi) is 4.92. The molecule has 1 heterocycles. The van der Waals surface area contributed by atoms with Crippen molar-refractivity contribution in [1.82, 2.24) is 5.32 Å². The molecule has 0 saturated carbocycles. The maximum Gasteiger partial charge on any atom is 0.259 e. The first kappa shape index (κ1) is 16.6. The van der Waals surface area contributed by atoms with Crippen molar-refractivity contribution in [3.05, 3.63) is 65.0 Å². The second-order valence-corrected chi connectivity index (χ2v) is 6.11. The smallest absolute Gasteiger partial charge is 0.259 e. The lowest BCUT2D eigenvalue weighted by Gasteiger charge is -2.30. The van der Waals surface area contributed by atoms with E-state index in [2.05, 4.69) is 5.32 Å². The molecular weight excluding hydrogens is 305 g/mol. The van der Waals surface area contributed by atoms with Crippen molar-refractivity contribution in [2.75, 3.05) is 11.4 Å². The second kappa shape index (κ2) is 7.11. The van der Waals surface area contributed by atoms with Gasteiger partial charge < -0.3 is 5.73 Å². The first-order chi connectivity index (χ1) is 11.6. The van der Waals surface area contributed by atoms with Crippen molar-refractivity contribution in [3.63, 3.8) is 0 Å². The first-order valence-corrected chi connectivity index (χ1v) is 8.22. The molecule has 1 atom stereocenters. The third-order valence-electron chi connectivity index (χ3n) is 4.46. The van der Waals surface area contributed by atoms with Crippen LogP contribution < -0.4 is 16.0 Å². The van der Waals surface area contributed by atoms with Crippen molar-refractivity contribution in [2.24, 2.45) is 5.73 Å². The van der Waals surface area contributed by atoms with Gasteiger partial charge in [-0.3, -0.25) is 15.0 Å². The molecule has 1 unspecified atom stereocenters. The lowest BCUT2D eigenvalue weighted by molar-refractivity contribution is 0.0974. The zero-order chi connectivity index (χ0) is 17.1. The molecule has 3 rings (SSSR count). The standard InChI is InChI=1S/C19H22FN3O/c1-13-10-17(8-7-15(13)12-21)23(18-6-3-9-22-18)19(24)14-4-2-5-16(20)11-14/h2,4-5,7-8,10-11,18,22H,3,6,9,12,21H2,1H3. The van der Waals surface area contributed by atoms with E-state index in [1.807, 2.05) is 25.1 Å². The van der Waals surface area contributed by atoms with Gasteiger partial charge in [-0.25, -0.2) is 4.39 Å². The highest BCUT2D eigenvalue weighted by Crippen LogP contribution is 2.26. The van der Waals surface area contributed by atoms with E-state index in [1.54, 1.807) is 17.0 Å². The number of nitrogens with one attached hydrogen (secondary N) is 1. The van der Waals surface area contributed by atoms with E-state index in [0.717, 1.165) is 36.2 Å². The number of aryl methyl sites for hydroxylation is 1. The molecule has 3 N–H and O–H groups in total. The zero-order valence-corrected chi connectivity index (χ0v) is 13.8. The summed E-state index contributed by atoms with van der Waals surface area (Å²) in [6.07, 6.45) is 1.81. The summed E-state index contributed by atoms with van der Waals surface area (Å²) in [4.78, 5) is 14.8. The van der Waals surface area contributed by atoms with E-state index in [-0.39, 0.29) is 12.1 Å². The Morgan fingerprint density at radius 3 is 2.79 bits per heavy atom. The van der Waals surface area contributed by atoms with Crippen molar-refractivity contribution in [3.8, 4) is 0 Å². The Balaban J connectivity index is 2.00. The average Bonchev–Trinajstić information content (AvgIpc) is 3.09. The summed E-state index contributed by atoms with van der Waals surface area (Å²) in [5.41, 5.74) is 8.99. The van der Waals surface area contributed by atoms with Gasteiger partial charge in [0, 0.05) is 17.8 Å². The van der Waals surface area contributed by atoms with Gasteiger partial charge in [0.25, 0.3) is 5.91 Å². The number of anilines is 1. The van der Waals surface area contributed by atoms with E-state index < -0.39 is 5.82 Å². The SMILES string of the molecule is Cc1cc(N(C(=O)c2cccc(F)c2)C2CCCN2)ccc1CN. The van der Waals surface area contributed by atoms with Crippen molar-refractivity contribution in [2.45, 2.75) is 32.5 Å². The fourth-order valence-corrected chi connectivity index (χ4v) is 3.14. The Morgan fingerprint density at radius 2 is 2.17 bits per heavy atom. The predicted molar refractivity (Wildman–Crippen MR) is 93.3 cm³/mol. The number of amides is 1. The molecule has 4 nitrogen and oxygen atoms in total. The maximum absolute atomic E-state index is 13.5. The van der Waals surface area contributed by atoms with Gasteiger partial charge in [-0.15, -0.1) is 0 Å². The largest absolute Gasteiger partial charge is 0.326 e. The summed E-state index contributed by atoms with van der Waals surface area (Å²) in [5, 5.41) is 3.36. The normalized spacial score (nSPS) is 17.0. The zero-order valence-electron chi connectivity index (χ0n) is 13.8. The Bertz CT molecular complexity index is 741. The molecular formula is C19H22FN3O. The minimum absolute atomic E-state index is 0.0797. The fourth-order valence-electron chi connectivity index (χ4n) is 3.14. The van der Waals surface area contributed by atoms with Crippen LogP contribution in [0.1, 0.15) is 34.3 Å². The molecule has 1 fully saturated rings. The van der Waals surface area contributed by atoms with Crippen LogP contribution in [0.5, 0.6) is 0 Å². The number of nitrogens with zero attached hydrogens (tertiary/aromatic N) is 1. The average molecular weight is 327 g/mol.